The van der Waals surface area contributed by atoms with E-state index in [1.54, 1.807) is 6.92 Å². The van der Waals surface area contributed by atoms with Crippen molar-refractivity contribution in [2.45, 2.75) is 38.6 Å². The normalized spacial score (nSPS) is 13.3. The highest BCUT2D eigenvalue weighted by atomic mass is 19.4. The van der Waals surface area contributed by atoms with Gasteiger partial charge in [-0.1, -0.05) is 30.3 Å². The van der Waals surface area contributed by atoms with Crippen LogP contribution in [0.25, 0.3) is 0 Å². The van der Waals surface area contributed by atoms with Gasteiger partial charge in [0.15, 0.2) is 11.6 Å². The Labute approximate surface area is 126 Å². The number of nitrogens with zero attached hydrogens (tertiary/aromatic N) is 3. The predicted octanol–water partition coefficient (Wildman–Crippen LogP) is 3.33. The lowest BCUT2D eigenvalue weighted by molar-refractivity contribution is -0.143. The van der Waals surface area contributed by atoms with E-state index >= 15 is 0 Å². The van der Waals surface area contributed by atoms with Crippen LogP contribution in [0, 0.1) is 0 Å². The molecule has 0 fully saturated rings. The zero-order valence-corrected chi connectivity index (χ0v) is 12.5. The first-order chi connectivity index (χ1) is 10.4. The summed E-state index contributed by atoms with van der Waals surface area (Å²) in [7, 11) is 1.43. The van der Waals surface area contributed by atoms with Crippen molar-refractivity contribution in [1.82, 2.24) is 14.8 Å². The number of hydrogen-bond acceptors (Lipinski definition) is 3. The molecular formula is C15H18F3N3O. The van der Waals surface area contributed by atoms with Gasteiger partial charge in [-0.15, -0.1) is 0 Å². The van der Waals surface area contributed by atoms with Crippen LogP contribution in [0.15, 0.2) is 30.3 Å². The number of ether oxygens (including phenoxy) is 1. The van der Waals surface area contributed by atoms with Gasteiger partial charge in [0.25, 0.3) is 0 Å². The molecule has 0 spiro atoms. The van der Waals surface area contributed by atoms with Gasteiger partial charge in [-0.05, 0) is 18.9 Å². The second-order valence-corrected chi connectivity index (χ2v) is 5.02. The van der Waals surface area contributed by atoms with Crippen LogP contribution >= 0.6 is 0 Å². The third kappa shape index (κ3) is 4.56. The topological polar surface area (TPSA) is 39.9 Å². The zero-order valence-electron chi connectivity index (χ0n) is 12.5. The smallest absolute Gasteiger partial charge is 0.374 e. The molecule has 2 rings (SSSR count). The molecule has 0 aliphatic rings. The van der Waals surface area contributed by atoms with Crippen LogP contribution < -0.4 is 0 Å². The van der Waals surface area contributed by atoms with Crippen molar-refractivity contribution >= 4 is 0 Å². The molecule has 1 heterocycles. The first-order valence-electron chi connectivity index (χ1n) is 6.96. The van der Waals surface area contributed by atoms with Crippen LogP contribution in [0.4, 0.5) is 13.2 Å². The summed E-state index contributed by atoms with van der Waals surface area (Å²) in [6, 6.07) is 9.68. The molecular weight excluding hydrogens is 295 g/mol. The second-order valence-electron chi connectivity index (χ2n) is 5.02. The Kier molecular flexibility index (Phi) is 5.18. The average Bonchev–Trinajstić information content (AvgIpc) is 2.86. The van der Waals surface area contributed by atoms with Crippen molar-refractivity contribution in [2.75, 3.05) is 7.11 Å². The van der Waals surface area contributed by atoms with Crippen molar-refractivity contribution < 1.29 is 17.9 Å². The van der Waals surface area contributed by atoms with Crippen molar-refractivity contribution in [1.29, 1.82) is 0 Å². The molecule has 2 aromatic rings. The largest absolute Gasteiger partial charge is 0.408 e. The van der Waals surface area contributed by atoms with E-state index in [-0.39, 0.29) is 5.82 Å². The number of methoxy groups -OCH3 is 1. The number of halogens is 3. The number of aromatic nitrogens is 3. The molecule has 0 aliphatic carbocycles. The van der Waals surface area contributed by atoms with Crippen molar-refractivity contribution in [3.05, 3.63) is 47.5 Å². The van der Waals surface area contributed by atoms with E-state index in [1.807, 2.05) is 30.3 Å². The molecule has 1 atom stereocenters. The molecule has 4 nitrogen and oxygen atoms in total. The van der Waals surface area contributed by atoms with Gasteiger partial charge < -0.3 is 4.74 Å². The van der Waals surface area contributed by atoms with E-state index in [9.17, 15) is 13.2 Å². The summed E-state index contributed by atoms with van der Waals surface area (Å²) >= 11 is 0. The summed E-state index contributed by atoms with van der Waals surface area (Å²) in [4.78, 5) is 4.21. The standard InChI is InChI=1S/C15H18F3N3O/c1-11(22-2)14-19-13(20-21(14)10-15(16,17)18)9-8-12-6-4-3-5-7-12/h3-7,11H,8-10H2,1-2H3/t11-/m0/s1. The maximum Gasteiger partial charge on any atom is 0.408 e. The fourth-order valence-electron chi connectivity index (χ4n) is 2.10. The third-order valence-corrected chi connectivity index (χ3v) is 3.27. The summed E-state index contributed by atoms with van der Waals surface area (Å²) in [5.74, 6) is 0.592. The van der Waals surface area contributed by atoms with Crippen LogP contribution in [0.2, 0.25) is 0 Å². The Morgan fingerprint density at radius 3 is 2.45 bits per heavy atom. The quantitative estimate of drug-likeness (QED) is 0.821. The molecule has 7 heteroatoms. The van der Waals surface area contributed by atoms with Crippen LogP contribution in [0.3, 0.4) is 0 Å². The Balaban J connectivity index is 2.14. The molecule has 0 N–H and O–H groups in total. The van der Waals surface area contributed by atoms with Gasteiger partial charge in [-0.2, -0.15) is 18.3 Å². The van der Waals surface area contributed by atoms with Crippen molar-refractivity contribution in [2.24, 2.45) is 0 Å². The SMILES string of the molecule is CO[C@@H](C)c1nc(CCc2ccccc2)nn1CC(F)(F)F. The molecule has 0 saturated heterocycles. The molecule has 1 aromatic carbocycles. The minimum Gasteiger partial charge on any atom is -0.374 e. The van der Waals surface area contributed by atoms with Crippen LogP contribution in [-0.2, 0) is 24.1 Å². The Hall–Kier alpha value is -1.89. The second kappa shape index (κ2) is 6.91. The average molecular weight is 313 g/mol. The highest BCUT2D eigenvalue weighted by molar-refractivity contribution is 5.15. The van der Waals surface area contributed by atoms with Gasteiger partial charge in [0.05, 0.1) is 0 Å². The monoisotopic (exact) mass is 313 g/mol. The molecule has 0 bridgehead atoms. The number of alkyl halides is 3. The number of hydrogen-bond donors (Lipinski definition) is 0. The summed E-state index contributed by atoms with van der Waals surface area (Å²) in [6.45, 7) is 0.492. The zero-order chi connectivity index (χ0) is 16.2. The molecule has 0 aliphatic heterocycles. The summed E-state index contributed by atoms with van der Waals surface area (Å²) < 4.78 is 43.8. The van der Waals surface area contributed by atoms with Gasteiger partial charge in [-0.25, -0.2) is 9.67 Å². The van der Waals surface area contributed by atoms with Crippen LogP contribution in [0.5, 0.6) is 0 Å². The Morgan fingerprint density at radius 1 is 1.18 bits per heavy atom. The minimum absolute atomic E-state index is 0.197. The fraction of sp³-hybridized carbons (Fsp3) is 0.467. The molecule has 0 radical (unpaired) electrons. The molecule has 1 aromatic heterocycles. The number of rotatable bonds is 6. The van der Waals surface area contributed by atoms with Gasteiger partial charge in [-0.3, -0.25) is 0 Å². The van der Waals surface area contributed by atoms with Crippen molar-refractivity contribution in [3.63, 3.8) is 0 Å². The van der Waals surface area contributed by atoms with Gasteiger partial charge in [0.1, 0.15) is 12.6 Å². The lowest BCUT2D eigenvalue weighted by atomic mass is 10.1. The minimum atomic E-state index is -4.34. The third-order valence-electron chi connectivity index (χ3n) is 3.27. The first-order valence-corrected chi connectivity index (χ1v) is 6.96. The molecule has 0 saturated carbocycles. The highest BCUT2D eigenvalue weighted by Crippen LogP contribution is 2.21. The maximum atomic E-state index is 12.6. The van der Waals surface area contributed by atoms with Crippen LogP contribution in [0.1, 0.15) is 30.2 Å². The molecule has 120 valence electrons. The maximum absolute atomic E-state index is 12.6. The van der Waals surface area contributed by atoms with Gasteiger partial charge >= 0.3 is 6.18 Å². The van der Waals surface area contributed by atoms with E-state index in [4.69, 9.17) is 4.74 Å². The summed E-state index contributed by atoms with van der Waals surface area (Å²) in [5.41, 5.74) is 1.09. The predicted molar refractivity (Wildman–Crippen MR) is 75.4 cm³/mol. The Bertz CT molecular complexity index is 596. The highest BCUT2D eigenvalue weighted by Gasteiger charge is 2.31. The fourth-order valence-corrected chi connectivity index (χ4v) is 2.10. The van der Waals surface area contributed by atoms with E-state index in [1.165, 1.54) is 7.11 Å². The Morgan fingerprint density at radius 2 is 1.86 bits per heavy atom. The molecule has 22 heavy (non-hydrogen) atoms. The van der Waals surface area contributed by atoms with Crippen LogP contribution in [-0.4, -0.2) is 28.1 Å². The van der Waals surface area contributed by atoms with E-state index in [0.717, 1.165) is 10.2 Å². The van der Waals surface area contributed by atoms with E-state index in [2.05, 4.69) is 10.1 Å². The number of aryl methyl sites for hydroxylation is 2. The lowest BCUT2D eigenvalue weighted by Crippen LogP contribution is -2.21. The summed E-state index contributed by atoms with van der Waals surface area (Å²) in [5, 5.41) is 3.99. The van der Waals surface area contributed by atoms with Gasteiger partial charge in [0.2, 0.25) is 0 Å². The van der Waals surface area contributed by atoms with Crippen molar-refractivity contribution in [3.8, 4) is 0 Å². The summed E-state index contributed by atoms with van der Waals surface area (Å²) in [6.07, 6.45) is -3.72. The van der Waals surface area contributed by atoms with E-state index in [0.29, 0.717) is 18.7 Å². The van der Waals surface area contributed by atoms with E-state index < -0.39 is 18.8 Å². The first kappa shape index (κ1) is 16.5. The number of benzene rings is 1. The van der Waals surface area contributed by atoms with Gasteiger partial charge in [0, 0.05) is 13.5 Å². The lowest BCUT2D eigenvalue weighted by Gasteiger charge is -2.12. The molecule has 0 unspecified atom stereocenters. The molecule has 0 amide bonds.